The molecule has 4 nitrogen and oxygen atoms in total. The second-order valence-electron chi connectivity index (χ2n) is 7.25. The number of hydrogen-bond acceptors (Lipinski definition) is 2. The third-order valence-electron chi connectivity index (χ3n) is 4.74. The number of unbranched alkanes of at least 4 members (excludes halogenated alkanes) is 13. The molecule has 0 atom stereocenters. The van der Waals surface area contributed by atoms with Crippen LogP contribution in [0.4, 0.5) is 0 Å². The van der Waals surface area contributed by atoms with Crippen molar-refractivity contribution in [3.63, 3.8) is 0 Å². The van der Waals surface area contributed by atoms with Crippen LogP contribution in [-0.4, -0.2) is 22.2 Å². The van der Waals surface area contributed by atoms with Gasteiger partial charge >= 0.3 is 41.5 Å². The summed E-state index contributed by atoms with van der Waals surface area (Å²) in [4.78, 5) is 20.9. The normalized spacial score (nSPS) is 9.86. The topological polar surface area (TPSA) is 74.6 Å². The van der Waals surface area contributed by atoms with Crippen LogP contribution in [0.1, 0.15) is 118 Å². The van der Waals surface area contributed by atoms with Crippen LogP contribution in [0.25, 0.3) is 0 Å². The van der Waals surface area contributed by atoms with E-state index in [4.69, 9.17) is 10.2 Å². The summed E-state index contributed by atoms with van der Waals surface area (Å²) in [5.74, 6) is -2.46. The molecule has 5 heteroatoms. The Balaban J connectivity index is 0. The van der Waals surface area contributed by atoms with E-state index in [1.54, 1.807) is 0 Å². The van der Waals surface area contributed by atoms with Gasteiger partial charge in [0, 0.05) is 0 Å². The Morgan fingerprint density at radius 3 is 1.28 bits per heavy atom. The summed E-state index contributed by atoms with van der Waals surface area (Å²) in [7, 11) is 0. The summed E-state index contributed by atoms with van der Waals surface area (Å²) in [6.45, 7) is 6.16. The Bertz CT molecular complexity index is 484. The fraction of sp³-hybridized carbons (Fsp3) is 0.625. The molecule has 0 saturated heterocycles. The predicted molar refractivity (Wildman–Crippen MR) is 116 cm³/mol. The average Bonchev–Trinajstić information content (AvgIpc) is 2.69. The summed E-state index contributed by atoms with van der Waals surface area (Å²) in [6, 6.07) is 5.48. The van der Waals surface area contributed by atoms with Gasteiger partial charge in [0.15, 0.2) is 0 Å². The Hall–Kier alpha value is -0.840. The van der Waals surface area contributed by atoms with Crippen LogP contribution in [0.3, 0.4) is 0 Å². The molecule has 0 spiro atoms. The summed E-state index contributed by atoms with van der Waals surface area (Å²) in [5.41, 5.74) is -0.380. The zero-order chi connectivity index (χ0) is 21.0. The molecule has 0 bridgehead atoms. The number of carbonyl (C=O) groups is 2. The third-order valence-corrected chi connectivity index (χ3v) is 4.74. The van der Waals surface area contributed by atoms with E-state index >= 15 is 0 Å². The molecule has 29 heavy (non-hydrogen) atoms. The Morgan fingerprint density at radius 2 is 1.00 bits per heavy atom. The maximum atomic E-state index is 10.5. The molecule has 0 fully saturated rings. The molecule has 0 aliphatic carbocycles. The van der Waals surface area contributed by atoms with E-state index in [-0.39, 0.29) is 40.7 Å². The maximum absolute atomic E-state index is 10.5. The number of hydrogen-bond donors (Lipinski definition) is 2. The van der Waals surface area contributed by atoms with E-state index in [9.17, 15) is 9.59 Å². The van der Waals surface area contributed by atoms with Crippen molar-refractivity contribution in [3.8, 4) is 0 Å². The summed E-state index contributed by atoms with van der Waals surface area (Å²) in [6.07, 6.45) is 19.8. The van der Waals surface area contributed by atoms with Gasteiger partial charge < -0.3 is 17.1 Å². The van der Waals surface area contributed by atoms with Crippen molar-refractivity contribution in [2.75, 3.05) is 0 Å². The zero-order valence-corrected chi connectivity index (χ0v) is 20.6. The van der Waals surface area contributed by atoms with Crippen LogP contribution in [0.5, 0.6) is 0 Å². The molecule has 0 amide bonds. The molecule has 1 aromatic rings. The van der Waals surface area contributed by atoms with Gasteiger partial charge in [-0.05, 0) is 12.1 Å². The Morgan fingerprint density at radius 1 is 0.690 bits per heavy atom. The first-order valence-electron chi connectivity index (χ1n) is 10.9. The standard InChI is InChI=1S/C16H33.C8H6O4.Na/c1-3-5-7-9-11-13-15-16-14-12-10-8-6-4-2;9-7(10)5-3-1-2-4-6(5)8(11)12;/h1,3-16H2,2H3;1-4H,(H,9,10)(H,11,12);/q-1;;+1. The van der Waals surface area contributed by atoms with Gasteiger partial charge in [-0.15, -0.1) is 0 Å². The second kappa shape index (κ2) is 21.9. The molecule has 1 rings (SSSR count). The first-order chi connectivity index (χ1) is 13.5. The minimum atomic E-state index is -1.23. The van der Waals surface area contributed by atoms with Crippen LogP contribution >= 0.6 is 0 Å². The number of benzene rings is 1. The first kappa shape index (κ1) is 30.4. The maximum Gasteiger partial charge on any atom is 1.00 e. The zero-order valence-electron chi connectivity index (χ0n) is 18.6. The van der Waals surface area contributed by atoms with Gasteiger partial charge in [-0.3, -0.25) is 0 Å². The van der Waals surface area contributed by atoms with Gasteiger partial charge in [-0.1, -0.05) is 103 Å². The minimum Gasteiger partial charge on any atom is -0.478 e. The number of aromatic carboxylic acids is 2. The van der Waals surface area contributed by atoms with Crippen LogP contribution in [0, 0.1) is 6.92 Å². The van der Waals surface area contributed by atoms with Crippen molar-refractivity contribution in [1.82, 2.24) is 0 Å². The fourth-order valence-electron chi connectivity index (χ4n) is 3.05. The van der Waals surface area contributed by atoms with Crippen LogP contribution in [-0.2, 0) is 0 Å². The van der Waals surface area contributed by atoms with Crippen molar-refractivity contribution in [3.05, 3.63) is 42.3 Å². The molecule has 0 unspecified atom stereocenters. The molecule has 0 aliphatic heterocycles. The quantitative estimate of drug-likeness (QED) is 0.254. The predicted octanol–water partition coefficient (Wildman–Crippen LogP) is 4.39. The molecule has 0 aliphatic rings. The fourth-order valence-corrected chi connectivity index (χ4v) is 3.05. The van der Waals surface area contributed by atoms with E-state index < -0.39 is 11.9 Å². The van der Waals surface area contributed by atoms with Crippen molar-refractivity contribution < 1.29 is 49.4 Å². The molecule has 2 N–H and O–H groups in total. The van der Waals surface area contributed by atoms with Gasteiger partial charge in [0.05, 0.1) is 11.1 Å². The van der Waals surface area contributed by atoms with Gasteiger partial charge in [-0.25, -0.2) is 9.59 Å². The van der Waals surface area contributed by atoms with Crippen LogP contribution in [0.2, 0.25) is 0 Å². The third kappa shape index (κ3) is 17.7. The van der Waals surface area contributed by atoms with Gasteiger partial charge in [-0.2, -0.15) is 6.42 Å². The molecule has 1 aromatic carbocycles. The first-order valence-corrected chi connectivity index (χ1v) is 10.9. The van der Waals surface area contributed by atoms with Crippen molar-refractivity contribution in [1.29, 1.82) is 0 Å². The molecular weight excluding hydrogens is 375 g/mol. The van der Waals surface area contributed by atoms with Gasteiger partial charge in [0.25, 0.3) is 0 Å². The molecular formula is C24H39NaO4. The second-order valence-corrected chi connectivity index (χ2v) is 7.25. The average molecular weight is 415 g/mol. The summed E-state index contributed by atoms with van der Waals surface area (Å²) >= 11 is 0. The minimum absolute atomic E-state index is 0. The van der Waals surface area contributed by atoms with Crippen molar-refractivity contribution >= 4 is 11.9 Å². The van der Waals surface area contributed by atoms with Crippen molar-refractivity contribution in [2.24, 2.45) is 0 Å². The Kier molecular flexibility index (Phi) is 22.9. The largest absolute Gasteiger partial charge is 1.00 e. The number of rotatable bonds is 15. The smallest absolute Gasteiger partial charge is 0.478 e. The monoisotopic (exact) mass is 414 g/mol. The van der Waals surface area contributed by atoms with Gasteiger partial charge in [0.1, 0.15) is 0 Å². The Labute approximate surface area is 199 Å². The molecule has 0 radical (unpaired) electrons. The molecule has 0 saturated carbocycles. The van der Waals surface area contributed by atoms with Crippen LogP contribution < -0.4 is 29.6 Å². The molecule has 160 valence electrons. The SMILES string of the molecule is O=C(O)c1ccccc1C(=O)O.[CH2-]CCCCCCCCCCCCCCC.[Na+]. The van der Waals surface area contributed by atoms with Gasteiger partial charge in [0.2, 0.25) is 0 Å². The summed E-state index contributed by atoms with van der Waals surface area (Å²) in [5, 5.41) is 17.1. The molecule has 0 heterocycles. The van der Waals surface area contributed by atoms with Crippen LogP contribution in [0.15, 0.2) is 24.3 Å². The van der Waals surface area contributed by atoms with Crippen molar-refractivity contribution in [2.45, 2.75) is 96.8 Å². The number of carboxylic acids is 2. The number of carboxylic acid groups (broad SMARTS) is 2. The van der Waals surface area contributed by atoms with E-state index in [1.165, 1.54) is 108 Å². The van der Waals surface area contributed by atoms with E-state index in [2.05, 4.69) is 13.8 Å². The summed E-state index contributed by atoms with van der Waals surface area (Å²) < 4.78 is 0. The van der Waals surface area contributed by atoms with E-state index in [0.29, 0.717) is 0 Å². The van der Waals surface area contributed by atoms with E-state index in [0.717, 1.165) is 6.42 Å². The molecule has 0 aromatic heterocycles. The van der Waals surface area contributed by atoms with E-state index in [1.807, 2.05) is 0 Å².